The van der Waals surface area contributed by atoms with Crippen molar-refractivity contribution in [2.75, 3.05) is 4.90 Å². The lowest BCUT2D eigenvalue weighted by Crippen LogP contribution is -2.11. The van der Waals surface area contributed by atoms with Crippen LogP contribution >= 0.6 is 0 Å². The number of para-hydroxylation sites is 2. The average molecular weight is 654 g/mol. The number of hydrogen-bond donors (Lipinski definition) is 0. The van der Waals surface area contributed by atoms with E-state index < -0.39 is 0 Å². The predicted octanol–water partition coefficient (Wildman–Crippen LogP) is 14.0. The Bertz CT molecular complexity index is 2860. The fourth-order valence-corrected chi connectivity index (χ4v) is 7.51. The van der Waals surface area contributed by atoms with Crippen LogP contribution < -0.4 is 4.90 Å². The van der Waals surface area contributed by atoms with Crippen LogP contribution in [-0.4, -0.2) is 0 Å². The van der Waals surface area contributed by atoms with Crippen LogP contribution in [0.3, 0.4) is 0 Å². The molecule has 0 unspecified atom stereocenters. The molecule has 0 aliphatic rings. The smallest absolute Gasteiger partial charge is 0.137 e. The standard InChI is InChI=1S/C48H31NO2/c1-3-13-32(14-4-1)34-17-11-19-36(29-34)47-42(27-28-45-48(47)41-22-8-10-24-44(41)50-45)49(37-20-12-18-35(30-37)33-15-5-2-6-16-33)38-25-26-40-39-21-7-9-23-43(39)51-46(40)31-38/h1-31H. The van der Waals surface area contributed by atoms with Crippen molar-refractivity contribution in [2.45, 2.75) is 0 Å². The highest BCUT2D eigenvalue weighted by molar-refractivity contribution is 6.17. The predicted molar refractivity (Wildman–Crippen MR) is 212 cm³/mol. The van der Waals surface area contributed by atoms with Crippen molar-refractivity contribution in [1.82, 2.24) is 0 Å². The summed E-state index contributed by atoms with van der Waals surface area (Å²) in [5.41, 5.74) is 13.4. The molecular weight excluding hydrogens is 623 g/mol. The Labute approximate surface area is 295 Å². The third-order valence-corrected chi connectivity index (χ3v) is 9.85. The zero-order chi connectivity index (χ0) is 33.7. The van der Waals surface area contributed by atoms with Crippen molar-refractivity contribution in [3.05, 3.63) is 188 Å². The van der Waals surface area contributed by atoms with Crippen LogP contribution in [0.15, 0.2) is 197 Å². The van der Waals surface area contributed by atoms with Gasteiger partial charge in [-0.3, -0.25) is 0 Å². The molecule has 0 radical (unpaired) electrons. The fourth-order valence-electron chi connectivity index (χ4n) is 7.51. The summed E-state index contributed by atoms with van der Waals surface area (Å²) in [5, 5.41) is 4.38. The lowest BCUT2D eigenvalue weighted by molar-refractivity contribution is 0.668. The summed E-state index contributed by atoms with van der Waals surface area (Å²) >= 11 is 0. The van der Waals surface area contributed by atoms with Gasteiger partial charge in [-0.15, -0.1) is 0 Å². The second kappa shape index (κ2) is 11.9. The van der Waals surface area contributed by atoms with Gasteiger partial charge >= 0.3 is 0 Å². The van der Waals surface area contributed by atoms with E-state index in [0.717, 1.165) is 83.2 Å². The fraction of sp³-hybridized carbons (Fsp3) is 0. The van der Waals surface area contributed by atoms with Crippen molar-refractivity contribution in [3.63, 3.8) is 0 Å². The van der Waals surface area contributed by atoms with E-state index in [0.29, 0.717) is 0 Å². The maximum atomic E-state index is 6.51. The first-order chi connectivity index (χ1) is 25.3. The number of hydrogen-bond acceptors (Lipinski definition) is 3. The summed E-state index contributed by atoms with van der Waals surface area (Å²) in [6, 6.07) is 66.2. The molecule has 0 fully saturated rings. The Hall–Kier alpha value is -6.84. The molecule has 0 N–H and O–H groups in total. The number of fused-ring (bicyclic) bond motifs is 6. The molecule has 2 aromatic heterocycles. The molecule has 2 heterocycles. The Balaban J connectivity index is 1.28. The zero-order valence-corrected chi connectivity index (χ0v) is 27.7. The van der Waals surface area contributed by atoms with Gasteiger partial charge in [0.25, 0.3) is 0 Å². The molecule has 0 bridgehead atoms. The number of furan rings is 2. The summed E-state index contributed by atoms with van der Waals surface area (Å²) < 4.78 is 13.0. The highest BCUT2D eigenvalue weighted by Gasteiger charge is 2.24. The normalized spacial score (nSPS) is 11.5. The van der Waals surface area contributed by atoms with E-state index in [4.69, 9.17) is 8.83 Å². The molecule has 3 heteroatoms. The quantitative estimate of drug-likeness (QED) is 0.179. The second-order valence-electron chi connectivity index (χ2n) is 12.9. The van der Waals surface area contributed by atoms with Crippen LogP contribution in [0.25, 0.3) is 77.3 Å². The van der Waals surface area contributed by atoms with Crippen molar-refractivity contribution < 1.29 is 8.83 Å². The Morgan fingerprint density at radius 1 is 0.314 bits per heavy atom. The molecule has 51 heavy (non-hydrogen) atoms. The van der Waals surface area contributed by atoms with Gasteiger partial charge in [0.2, 0.25) is 0 Å². The SMILES string of the molecule is c1ccc(-c2cccc(-c3c(N(c4cccc(-c5ccccc5)c4)c4ccc5c(c4)oc4ccccc45)ccc4oc5ccccc5c34)c2)cc1. The van der Waals surface area contributed by atoms with E-state index in [1.165, 1.54) is 11.1 Å². The van der Waals surface area contributed by atoms with Gasteiger partial charge in [-0.1, -0.05) is 127 Å². The maximum Gasteiger partial charge on any atom is 0.137 e. The third kappa shape index (κ3) is 4.98. The van der Waals surface area contributed by atoms with E-state index in [1.54, 1.807) is 0 Å². The number of rotatable bonds is 6. The minimum absolute atomic E-state index is 0.848. The molecular formula is C48H31NO2. The molecule has 0 saturated heterocycles. The van der Waals surface area contributed by atoms with Crippen LogP contribution in [0.1, 0.15) is 0 Å². The maximum absolute atomic E-state index is 6.51. The van der Waals surface area contributed by atoms with E-state index in [9.17, 15) is 0 Å². The van der Waals surface area contributed by atoms with Crippen LogP contribution in [0.2, 0.25) is 0 Å². The van der Waals surface area contributed by atoms with Gasteiger partial charge in [-0.25, -0.2) is 0 Å². The van der Waals surface area contributed by atoms with E-state index in [-0.39, 0.29) is 0 Å². The van der Waals surface area contributed by atoms with Gasteiger partial charge in [0.15, 0.2) is 0 Å². The summed E-state index contributed by atoms with van der Waals surface area (Å²) in [7, 11) is 0. The highest BCUT2D eigenvalue weighted by atomic mass is 16.3. The molecule has 0 aliphatic heterocycles. The lowest BCUT2D eigenvalue weighted by Gasteiger charge is -2.29. The summed E-state index contributed by atoms with van der Waals surface area (Å²) in [5.74, 6) is 0. The van der Waals surface area contributed by atoms with E-state index in [2.05, 4.69) is 175 Å². The van der Waals surface area contributed by atoms with Crippen LogP contribution in [0.4, 0.5) is 17.1 Å². The van der Waals surface area contributed by atoms with Gasteiger partial charge in [0.1, 0.15) is 22.3 Å². The highest BCUT2D eigenvalue weighted by Crippen LogP contribution is 2.48. The van der Waals surface area contributed by atoms with Crippen LogP contribution in [0, 0.1) is 0 Å². The average Bonchev–Trinajstić information content (AvgIpc) is 3.77. The molecule has 0 amide bonds. The molecule has 3 nitrogen and oxygen atoms in total. The summed E-state index contributed by atoms with van der Waals surface area (Å²) in [6.45, 7) is 0. The van der Waals surface area contributed by atoms with E-state index in [1.807, 2.05) is 18.2 Å². The molecule has 0 spiro atoms. The molecule has 0 atom stereocenters. The third-order valence-electron chi connectivity index (χ3n) is 9.85. The van der Waals surface area contributed by atoms with Crippen molar-refractivity contribution in [1.29, 1.82) is 0 Å². The first-order valence-corrected chi connectivity index (χ1v) is 17.3. The van der Waals surface area contributed by atoms with Crippen molar-refractivity contribution in [3.8, 4) is 33.4 Å². The first kappa shape index (κ1) is 29.1. The Kier molecular flexibility index (Phi) is 6.81. The summed E-state index contributed by atoms with van der Waals surface area (Å²) in [4.78, 5) is 2.37. The Morgan fingerprint density at radius 2 is 0.863 bits per heavy atom. The van der Waals surface area contributed by atoms with Gasteiger partial charge in [-0.2, -0.15) is 0 Å². The molecule has 0 aliphatic carbocycles. The molecule has 10 rings (SSSR count). The zero-order valence-electron chi connectivity index (χ0n) is 27.7. The minimum Gasteiger partial charge on any atom is -0.456 e. The van der Waals surface area contributed by atoms with Gasteiger partial charge < -0.3 is 13.7 Å². The largest absolute Gasteiger partial charge is 0.456 e. The van der Waals surface area contributed by atoms with Crippen LogP contribution in [-0.2, 0) is 0 Å². The topological polar surface area (TPSA) is 29.5 Å². The first-order valence-electron chi connectivity index (χ1n) is 17.3. The second-order valence-corrected chi connectivity index (χ2v) is 12.9. The van der Waals surface area contributed by atoms with Gasteiger partial charge in [0, 0.05) is 44.5 Å². The lowest BCUT2D eigenvalue weighted by atomic mass is 9.93. The van der Waals surface area contributed by atoms with E-state index >= 15 is 0 Å². The number of benzene rings is 8. The molecule has 240 valence electrons. The van der Waals surface area contributed by atoms with Crippen LogP contribution in [0.5, 0.6) is 0 Å². The van der Waals surface area contributed by atoms with Crippen molar-refractivity contribution in [2.24, 2.45) is 0 Å². The molecule has 10 aromatic rings. The minimum atomic E-state index is 0.848. The number of anilines is 3. The molecule has 0 saturated carbocycles. The van der Waals surface area contributed by atoms with Gasteiger partial charge in [0.05, 0.1) is 5.69 Å². The Morgan fingerprint density at radius 3 is 1.63 bits per heavy atom. The number of nitrogens with zero attached hydrogens (tertiary/aromatic N) is 1. The van der Waals surface area contributed by atoms with Crippen molar-refractivity contribution >= 4 is 60.9 Å². The summed E-state index contributed by atoms with van der Waals surface area (Å²) in [6.07, 6.45) is 0. The monoisotopic (exact) mass is 653 g/mol. The molecule has 8 aromatic carbocycles. The van der Waals surface area contributed by atoms with Gasteiger partial charge in [-0.05, 0) is 82.4 Å².